The molecule has 0 saturated carbocycles. The number of guanidine groups is 1. The van der Waals surface area contributed by atoms with E-state index < -0.39 is 0 Å². The van der Waals surface area contributed by atoms with E-state index in [1.54, 1.807) is 0 Å². The predicted molar refractivity (Wildman–Crippen MR) is 112 cm³/mol. The van der Waals surface area contributed by atoms with Gasteiger partial charge in [-0.25, -0.2) is 0 Å². The number of amides is 1. The summed E-state index contributed by atoms with van der Waals surface area (Å²) in [5, 5.41) is 6.57. The highest BCUT2D eigenvalue weighted by atomic mass is 16.2. The molecule has 0 spiro atoms. The number of rotatable bonds is 7. The molecule has 0 radical (unpaired) electrons. The third-order valence-electron chi connectivity index (χ3n) is 5.30. The van der Waals surface area contributed by atoms with Crippen LogP contribution in [0.1, 0.15) is 40.5 Å². The minimum atomic E-state index is 0.118. The molecular weight excluding hydrogens is 340 g/mol. The average molecular weight is 381 g/mol. The molecule has 0 aromatic carbocycles. The topological polar surface area (TPSA) is 63.2 Å². The highest BCUT2D eigenvalue weighted by molar-refractivity contribution is 5.80. The number of likely N-dealkylation sites (tertiary alicyclic amines) is 1. The van der Waals surface area contributed by atoms with E-state index in [4.69, 9.17) is 0 Å². The van der Waals surface area contributed by atoms with Crippen molar-refractivity contribution in [3.63, 3.8) is 0 Å². The van der Waals surface area contributed by atoms with E-state index in [0.717, 1.165) is 38.7 Å². The molecule has 2 rings (SSSR count). The smallest absolute Gasteiger partial charge is 0.234 e. The molecule has 2 fully saturated rings. The van der Waals surface area contributed by atoms with Crippen LogP contribution in [0.25, 0.3) is 0 Å². The van der Waals surface area contributed by atoms with Gasteiger partial charge in [0.2, 0.25) is 5.91 Å². The molecule has 156 valence electrons. The van der Waals surface area contributed by atoms with Crippen LogP contribution in [-0.2, 0) is 4.79 Å². The van der Waals surface area contributed by atoms with Gasteiger partial charge in [-0.2, -0.15) is 0 Å². The molecule has 2 aliphatic rings. The zero-order valence-electron chi connectivity index (χ0n) is 18.0. The van der Waals surface area contributed by atoms with E-state index in [9.17, 15) is 4.79 Å². The fourth-order valence-electron chi connectivity index (χ4n) is 4.07. The van der Waals surface area contributed by atoms with Crippen LogP contribution >= 0.6 is 0 Å². The van der Waals surface area contributed by atoms with Crippen LogP contribution in [0.5, 0.6) is 0 Å². The Morgan fingerprint density at radius 2 is 1.81 bits per heavy atom. The van der Waals surface area contributed by atoms with Crippen LogP contribution in [0, 0.1) is 5.92 Å². The number of hydrogen-bond donors (Lipinski definition) is 2. The predicted octanol–water partition coefficient (Wildman–Crippen LogP) is 0.824. The van der Waals surface area contributed by atoms with Crippen molar-refractivity contribution >= 4 is 11.9 Å². The van der Waals surface area contributed by atoms with Crippen LogP contribution in [0.4, 0.5) is 0 Å². The van der Waals surface area contributed by atoms with E-state index in [1.165, 1.54) is 25.9 Å². The maximum atomic E-state index is 11.9. The Morgan fingerprint density at radius 3 is 2.41 bits per heavy atom. The summed E-state index contributed by atoms with van der Waals surface area (Å²) in [6.07, 6.45) is 2.57. The molecule has 1 amide bonds. The standard InChI is InChI=1S/C20H40N6O/c1-16(2)14-26-8-6-7-18(26)13-22-20(21-5)25-11-9-24(10-12-25)15-19(27)23-17(3)4/h16-18H,6-15H2,1-5H3,(H,21,22)(H,23,27)/t18-/m1/s1. The second kappa shape index (κ2) is 10.9. The average Bonchev–Trinajstić information content (AvgIpc) is 3.02. The summed E-state index contributed by atoms with van der Waals surface area (Å²) in [6.45, 7) is 16.1. The van der Waals surface area contributed by atoms with Crippen LogP contribution in [0.2, 0.25) is 0 Å². The number of nitrogens with zero attached hydrogens (tertiary/aromatic N) is 4. The highest BCUT2D eigenvalue weighted by Crippen LogP contribution is 2.18. The molecule has 27 heavy (non-hydrogen) atoms. The number of nitrogens with one attached hydrogen (secondary N) is 2. The molecular formula is C20H40N6O. The van der Waals surface area contributed by atoms with E-state index in [1.807, 2.05) is 20.9 Å². The Labute approximate surface area is 165 Å². The van der Waals surface area contributed by atoms with Gasteiger partial charge in [0, 0.05) is 58.4 Å². The summed E-state index contributed by atoms with van der Waals surface area (Å²) >= 11 is 0. The Bertz CT molecular complexity index is 485. The van der Waals surface area contributed by atoms with Gasteiger partial charge in [0.25, 0.3) is 0 Å². The van der Waals surface area contributed by atoms with Gasteiger partial charge in [-0.1, -0.05) is 13.8 Å². The fourth-order valence-corrected chi connectivity index (χ4v) is 4.07. The first-order valence-corrected chi connectivity index (χ1v) is 10.6. The largest absolute Gasteiger partial charge is 0.355 e. The third-order valence-corrected chi connectivity index (χ3v) is 5.30. The Kier molecular flexibility index (Phi) is 8.83. The SMILES string of the molecule is CN=C(NC[C@H]1CCCN1CC(C)C)N1CCN(CC(=O)NC(C)C)CC1. The summed E-state index contributed by atoms with van der Waals surface area (Å²) in [6, 6.07) is 0.817. The number of piperazine rings is 1. The van der Waals surface area contributed by atoms with Crippen LogP contribution in [0.3, 0.4) is 0 Å². The first-order valence-electron chi connectivity index (χ1n) is 10.6. The lowest BCUT2D eigenvalue weighted by Gasteiger charge is -2.37. The van der Waals surface area contributed by atoms with Gasteiger partial charge in [-0.05, 0) is 39.2 Å². The van der Waals surface area contributed by atoms with Crippen molar-refractivity contribution in [3.8, 4) is 0 Å². The van der Waals surface area contributed by atoms with Crippen molar-refractivity contribution < 1.29 is 4.79 Å². The number of aliphatic imine (C=N–C) groups is 1. The van der Waals surface area contributed by atoms with Crippen molar-refractivity contribution in [1.29, 1.82) is 0 Å². The molecule has 0 unspecified atom stereocenters. The van der Waals surface area contributed by atoms with Crippen molar-refractivity contribution in [3.05, 3.63) is 0 Å². The number of hydrogen-bond acceptors (Lipinski definition) is 4. The van der Waals surface area contributed by atoms with Crippen LogP contribution in [0.15, 0.2) is 4.99 Å². The second-order valence-corrected chi connectivity index (χ2v) is 8.60. The lowest BCUT2D eigenvalue weighted by Crippen LogP contribution is -2.55. The zero-order chi connectivity index (χ0) is 19.8. The summed E-state index contributed by atoms with van der Waals surface area (Å²) in [5.74, 6) is 1.83. The molecule has 0 aromatic heterocycles. The van der Waals surface area contributed by atoms with Crippen LogP contribution < -0.4 is 10.6 Å². The summed E-state index contributed by atoms with van der Waals surface area (Å²) in [5.41, 5.74) is 0. The molecule has 2 N–H and O–H groups in total. The minimum Gasteiger partial charge on any atom is -0.355 e. The van der Waals surface area contributed by atoms with Crippen molar-refractivity contribution in [2.75, 3.05) is 59.4 Å². The van der Waals surface area contributed by atoms with Gasteiger partial charge in [0.1, 0.15) is 0 Å². The summed E-state index contributed by atoms with van der Waals surface area (Å²) < 4.78 is 0. The number of carbonyl (C=O) groups excluding carboxylic acids is 1. The van der Waals surface area contributed by atoms with Gasteiger partial charge < -0.3 is 15.5 Å². The summed E-state index contributed by atoms with van der Waals surface area (Å²) in [7, 11) is 1.87. The minimum absolute atomic E-state index is 0.118. The monoisotopic (exact) mass is 380 g/mol. The molecule has 0 aromatic rings. The summed E-state index contributed by atoms with van der Waals surface area (Å²) in [4.78, 5) is 23.6. The maximum absolute atomic E-state index is 11.9. The van der Waals surface area contributed by atoms with Gasteiger partial charge in [-0.15, -0.1) is 0 Å². The van der Waals surface area contributed by atoms with Crippen LogP contribution in [-0.4, -0.2) is 98.1 Å². The first-order chi connectivity index (χ1) is 12.9. The molecule has 7 heteroatoms. The van der Waals surface area contributed by atoms with Crippen molar-refractivity contribution in [2.45, 2.75) is 52.6 Å². The van der Waals surface area contributed by atoms with E-state index >= 15 is 0 Å². The Balaban J connectivity index is 1.74. The van der Waals surface area contributed by atoms with Gasteiger partial charge in [-0.3, -0.25) is 19.6 Å². The van der Waals surface area contributed by atoms with Gasteiger partial charge in [0.05, 0.1) is 6.54 Å². The van der Waals surface area contributed by atoms with E-state index in [0.29, 0.717) is 18.5 Å². The quantitative estimate of drug-likeness (QED) is 0.506. The Hall–Kier alpha value is -1.34. The molecule has 1 atom stereocenters. The van der Waals surface area contributed by atoms with E-state index in [2.05, 4.69) is 44.2 Å². The highest BCUT2D eigenvalue weighted by Gasteiger charge is 2.26. The van der Waals surface area contributed by atoms with Crippen molar-refractivity contribution in [2.24, 2.45) is 10.9 Å². The lowest BCUT2D eigenvalue weighted by atomic mass is 10.1. The molecule has 2 saturated heterocycles. The maximum Gasteiger partial charge on any atom is 0.234 e. The fraction of sp³-hybridized carbons (Fsp3) is 0.900. The molecule has 2 heterocycles. The van der Waals surface area contributed by atoms with E-state index in [-0.39, 0.29) is 11.9 Å². The zero-order valence-corrected chi connectivity index (χ0v) is 18.0. The molecule has 0 aliphatic carbocycles. The molecule has 7 nitrogen and oxygen atoms in total. The lowest BCUT2D eigenvalue weighted by molar-refractivity contribution is -0.123. The third kappa shape index (κ3) is 7.30. The second-order valence-electron chi connectivity index (χ2n) is 8.60. The molecule has 2 aliphatic heterocycles. The first kappa shape index (κ1) is 22.0. The van der Waals surface area contributed by atoms with Crippen molar-refractivity contribution in [1.82, 2.24) is 25.3 Å². The van der Waals surface area contributed by atoms with Gasteiger partial charge in [0.15, 0.2) is 5.96 Å². The number of carbonyl (C=O) groups is 1. The van der Waals surface area contributed by atoms with Gasteiger partial charge >= 0.3 is 0 Å². The normalized spacial score (nSPS) is 22.7. The Morgan fingerprint density at radius 1 is 1.11 bits per heavy atom. The molecule has 0 bridgehead atoms.